The highest BCUT2D eigenvalue weighted by molar-refractivity contribution is 7.92. The van der Waals surface area contributed by atoms with Gasteiger partial charge in [0.2, 0.25) is 10.0 Å². The Hall–Kier alpha value is -2.25. The predicted molar refractivity (Wildman–Crippen MR) is 93.1 cm³/mol. The highest BCUT2D eigenvalue weighted by Crippen LogP contribution is 2.34. The Morgan fingerprint density at radius 3 is 2.71 bits per heavy atom. The van der Waals surface area contributed by atoms with Crippen LogP contribution < -0.4 is 14.4 Å². The maximum atomic E-state index is 12.5. The second kappa shape index (κ2) is 6.33. The van der Waals surface area contributed by atoms with Crippen molar-refractivity contribution in [3.8, 4) is 5.75 Å². The zero-order chi connectivity index (χ0) is 17.3. The van der Waals surface area contributed by atoms with Gasteiger partial charge in [-0.3, -0.25) is 9.10 Å². The van der Waals surface area contributed by atoms with Crippen molar-refractivity contribution in [2.45, 2.75) is 6.10 Å². The zero-order valence-electron chi connectivity index (χ0n) is 12.8. The molecule has 1 unspecified atom stereocenters. The fraction of sp³-hybridized carbons (Fsp3) is 0.188. The molecule has 0 spiro atoms. The van der Waals surface area contributed by atoms with E-state index in [1.807, 2.05) is 0 Å². The van der Waals surface area contributed by atoms with Crippen molar-refractivity contribution in [1.29, 1.82) is 0 Å². The lowest BCUT2D eigenvalue weighted by Crippen LogP contribution is -2.48. The fourth-order valence-electron chi connectivity index (χ4n) is 2.44. The van der Waals surface area contributed by atoms with Gasteiger partial charge in [0.1, 0.15) is 5.75 Å². The lowest BCUT2D eigenvalue weighted by Gasteiger charge is -2.33. The highest BCUT2D eigenvalue weighted by atomic mass is 35.5. The first-order valence-electron chi connectivity index (χ1n) is 7.14. The standard InChI is InChI=1S/C16H15ClN2O4S/c1-24(21,22)19-10-15(23-14-8-3-2-7-13(14)19)16(20)18-12-6-4-5-11(17)9-12/h2-9,15H,10H2,1H3,(H,18,20). The summed E-state index contributed by atoms with van der Waals surface area (Å²) in [6.45, 7) is -0.0950. The van der Waals surface area contributed by atoms with Crippen molar-refractivity contribution in [2.75, 3.05) is 22.4 Å². The van der Waals surface area contributed by atoms with E-state index in [0.29, 0.717) is 22.1 Å². The van der Waals surface area contributed by atoms with Crippen molar-refractivity contribution in [3.05, 3.63) is 53.6 Å². The Morgan fingerprint density at radius 1 is 1.25 bits per heavy atom. The van der Waals surface area contributed by atoms with Crippen molar-refractivity contribution >= 4 is 38.9 Å². The Morgan fingerprint density at radius 2 is 2.00 bits per heavy atom. The van der Waals surface area contributed by atoms with Crippen LogP contribution in [0, 0.1) is 0 Å². The molecule has 0 radical (unpaired) electrons. The molecule has 6 nitrogen and oxygen atoms in total. The second-order valence-corrected chi connectivity index (χ2v) is 7.71. The topological polar surface area (TPSA) is 75.7 Å². The summed E-state index contributed by atoms with van der Waals surface area (Å²) >= 11 is 5.89. The van der Waals surface area contributed by atoms with Crippen LogP contribution in [0.3, 0.4) is 0 Å². The van der Waals surface area contributed by atoms with E-state index in [9.17, 15) is 13.2 Å². The number of para-hydroxylation sites is 2. The van der Waals surface area contributed by atoms with Crippen LogP contribution in [0.15, 0.2) is 48.5 Å². The van der Waals surface area contributed by atoms with Crippen molar-refractivity contribution in [3.63, 3.8) is 0 Å². The maximum absolute atomic E-state index is 12.5. The molecule has 1 N–H and O–H groups in total. The first-order valence-corrected chi connectivity index (χ1v) is 9.37. The van der Waals surface area contributed by atoms with Crippen LogP contribution in [0.4, 0.5) is 11.4 Å². The van der Waals surface area contributed by atoms with Gasteiger partial charge in [-0.2, -0.15) is 0 Å². The summed E-state index contributed by atoms with van der Waals surface area (Å²) in [4.78, 5) is 12.5. The zero-order valence-corrected chi connectivity index (χ0v) is 14.3. The Kier molecular flexibility index (Phi) is 4.38. The van der Waals surface area contributed by atoms with Crippen LogP contribution in [0.2, 0.25) is 5.02 Å². The summed E-state index contributed by atoms with van der Waals surface area (Å²) in [6, 6.07) is 13.4. The van der Waals surface area contributed by atoms with Crippen molar-refractivity contribution < 1.29 is 17.9 Å². The third kappa shape index (κ3) is 3.47. The molecule has 2 aromatic carbocycles. The van der Waals surface area contributed by atoms with Crippen molar-refractivity contribution in [1.82, 2.24) is 0 Å². The molecule has 1 heterocycles. The molecule has 0 aromatic heterocycles. The number of rotatable bonds is 3. The first-order chi connectivity index (χ1) is 11.3. The van der Waals surface area contributed by atoms with Crippen molar-refractivity contribution in [2.24, 2.45) is 0 Å². The number of nitrogens with zero attached hydrogens (tertiary/aromatic N) is 1. The number of sulfonamides is 1. The molecule has 1 aliphatic rings. The van der Waals surface area contributed by atoms with Crippen LogP contribution in [-0.4, -0.2) is 33.2 Å². The third-order valence-corrected chi connectivity index (χ3v) is 4.90. The number of hydrogen-bond donors (Lipinski definition) is 1. The number of fused-ring (bicyclic) bond motifs is 1. The lowest BCUT2D eigenvalue weighted by molar-refractivity contribution is -0.122. The summed E-state index contributed by atoms with van der Waals surface area (Å²) in [6.07, 6.45) is 0.134. The Balaban J connectivity index is 1.86. The molecule has 126 valence electrons. The molecule has 1 aliphatic heterocycles. The van der Waals surface area contributed by atoms with Gasteiger partial charge in [-0.25, -0.2) is 8.42 Å². The number of carbonyl (C=O) groups is 1. The number of nitrogens with one attached hydrogen (secondary N) is 1. The number of hydrogen-bond acceptors (Lipinski definition) is 4. The minimum Gasteiger partial charge on any atom is -0.476 e. The lowest BCUT2D eigenvalue weighted by atomic mass is 10.2. The smallest absolute Gasteiger partial charge is 0.267 e. The summed E-state index contributed by atoms with van der Waals surface area (Å²) in [5, 5.41) is 3.17. The van der Waals surface area contributed by atoms with E-state index in [1.54, 1.807) is 48.5 Å². The van der Waals surface area contributed by atoms with Gasteiger partial charge >= 0.3 is 0 Å². The molecule has 1 amide bonds. The molecule has 8 heteroatoms. The van der Waals surface area contributed by atoms with Crippen LogP contribution in [-0.2, 0) is 14.8 Å². The number of halogens is 1. The van der Waals surface area contributed by atoms with E-state index < -0.39 is 22.0 Å². The van der Waals surface area contributed by atoms with Gasteiger partial charge in [-0.1, -0.05) is 29.8 Å². The normalized spacial score (nSPS) is 16.9. The van der Waals surface area contributed by atoms with E-state index >= 15 is 0 Å². The van der Waals surface area contributed by atoms with Crippen LogP contribution in [0.25, 0.3) is 0 Å². The van der Waals surface area contributed by atoms with E-state index in [4.69, 9.17) is 16.3 Å². The molecular weight excluding hydrogens is 352 g/mol. The largest absolute Gasteiger partial charge is 0.476 e. The van der Waals surface area contributed by atoms with Gasteiger partial charge in [-0.05, 0) is 30.3 Å². The third-order valence-electron chi connectivity index (χ3n) is 3.52. The molecule has 0 fully saturated rings. The van der Waals surface area contributed by atoms with Crippen LogP contribution >= 0.6 is 11.6 Å². The van der Waals surface area contributed by atoms with Gasteiger partial charge in [0.25, 0.3) is 5.91 Å². The van der Waals surface area contributed by atoms with E-state index in [0.717, 1.165) is 6.26 Å². The number of ether oxygens (including phenoxy) is 1. The summed E-state index contributed by atoms with van der Waals surface area (Å²) in [7, 11) is -3.53. The SMILES string of the molecule is CS(=O)(=O)N1CC(C(=O)Nc2cccc(Cl)c2)Oc2ccccc21. The van der Waals surface area contributed by atoms with E-state index in [2.05, 4.69) is 5.32 Å². The highest BCUT2D eigenvalue weighted by Gasteiger charge is 2.34. The molecule has 0 saturated heterocycles. The minimum atomic E-state index is -3.53. The number of anilines is 2. The molecule has 3 rings (SSSR count). The van der Waals surface area contributed by atoms with Crippen LogP contribution in [0.1, 0.15) is 0 Å². The van der Waals surface area contributed by atoms with Gasteiger partial charge in [-0.15, -0.1) is 0 Å². The molecule has 0 saturated carbocycles. The Labute approximate surface area is 145 Å². The summed E-state index contributed by atoms with van der Waals surface area (Å²) in [5.41, 5.74) is 0.938. The molecule has 24 heavy (non-hydrogen) atoms. The predicted octanol–water partition coefficient (Wildman–Crippen LogP) is 2.51. The number of benzene rings is 2. The molecule has 0 bridgehead atoms. The minimum absolute atomic E-state index is 0.0950. The monoisotopic (exact) mass is 366 g/mol. The Bertz CT molecular complexity index is 885. The van der Waals surface area contributed by atoms with E-state index in [-0.39, 0.29) is 6.54 Å². The average Bonchev–Trinajstić information content (AvgIpc) is 2.53. The quantitative estimate of drug-likeness (QED) is 0.905. The van der Waals surface area contributed by atoms with Gasteiger partial charge in [0.05, 0.1) is 18.5 Å². The first kappa shape index (κ1) is 16.6. The average molecular weight is 367 g/mol. The summed E-state index contributed by atoms with van der Waals surface area (Å²) < 4.78 is 30.9. The fourth-order valence-corrected chi connectivity index (χ4v) is 3.55. The van der Waals surface area contributed by atoms with Gasteiger partial charge in [0, 0.05) is 10.7 Å². The summed E-state index contributed by atoms with van der Waals surface area (Å²) in [5.74, 6) is -0.0964. The number of amides is 1. The molecule has 1 atom stereocenters. The van der Waals surface area contributed by atoms with Gasteiger partial charge in [0.15, 0.2) is 6.10 Å². The molecule has 0 aliphatic carbocycles. The number of carbonyl (C=O) groups excluding carboxylic acids is 1. The maximum Gasteiger partial charge on any atom is 0.267 e. The van der Waals surface area contributed by atoms with Gasteiger partial charge < -0.3 is 10.1 Å². The van der Waals surface area contributed by atoms with Crippen LogP contribution in [0.5, 0.6) is 5.75 Å². The van der Waals surface area contributed by atoms with E-state index in [1.165, 1.54) is 4.31 Å². The molecule has 2 aromatic rings. The second-order valence-electron chi connectivity index (χ2n) is 5.37. The molecular formula is C16H15ClN2O4S.